The monoisotopic (exact) mass is 122 g/mol. The lowest BCUT2D eigenvalue weighted by Gasteiger charge is -2.22. The maximum atomic E-state index is 2.35. The molecule has 3 aliphatic carbocycles. The van der Waals surface area contributed by atoms with Crippen molar-refractivity contribution in [1.82, 2.24) is 0 Å². The zero-order valence-corrected chi connectivity index (χ0v) is 6.28. The quantitative estimate of drug-likeness (QED) is 0.527. The first-order valence-electron chi connectivity index (χ1n) is 4.21. The van der Waals surface area contributed by atoms with Crippen LogP contribution in [0.4, 0.5) is 0 Å². The Morgan fingerprint density at radius 1 is 1.33 bits per heavy atom. The Kier molecular flexibility index (Phi) is 0.470. The average molecular weight is 122 g/mol. The summed E-state index contributed by atoms with van der Waals surface area (Å²) in [5.74, 6) is 2.17. The molecule has 0 aliphatic heterocycles. The molecule has 0 radical (unpaired) electrons. The van der Waals surface area contributed by atoms with E-state index in [1.165, 1.54) is 12.3 Å². The zero-order chi connectivity index (χ0) is 6.28. The van der Waals surface area contributed by atoms with Gasteiger partial charge in [-0.1, -0.05) is 13.8 Å². The molecule has 0 aromatic carbocycles. The van der Waals surface area contributed by atoms with Gasteiger partial charge >= 0.3 is 0 Å². The van der Waals surface area contributed by atoms with Crippen molar-refractivity contribution in [2.75, 3.05) is 0 Å². The molecule has 0 heteroatoms. The molecule has 0 bridgehead atoms. The predicted octanol–water partition coefficient (Wildman–Crippen LogP) is 2.44. The normalized spacial score (nSPS) is 65.0. The summed E-state index contributed by atoms with van der Waals surface area (Å²) in [5.41, 5.74) is 2.02. The van der Waals surface area contributed by atoms with Crippen LogP contribution in [0.2, 0.25) is 0 Å². The van der Waals surface area contributed by atoms with E-state index in [-0.39, 0.29) is 0 Å². The highest BCUT2D eigenvalue weighted by atomic mass is 15.1. The van der Waals surface area contributed by atoms with E-state index in [2.05, 4.69) is 13.8 Å². The van der Waals surface area contributed by atoms with Crippen LogP contribution in [-0.2, 0) is 0 Å². The Labute approximate surface area is 56.6 Å². The van der Waals surface area contributed by atoms with Gasteiger partial charge in [0.2, 0.25) is 0 Å². The highest BCUT2D eigenvalue weighted by Gasteiger charge is 3.03. The van der Waals surface area contributed by atoms with E-state index in [1.54, 1.807) is 12.8 Å². The van der Waals surface area contributed by atoms with Crippen molar-refractivity contribution in [2.45, 2.75) is 33.1 Å². The first-order chi connectivity index (χ1) is 4.21. The lowest BCUT2D eigenvalue weighted by Crippen LogP contribution is -2.13. The van der Waals surface area contributed by atoms with Crippen molar-refractivity contribution >= 4 is 0 Å². The van der Waals surface area contributed by atoms with Gasteiger partial charge in [-0.15, -0.1) is 0 Å². The van der Waals surface area contributed by atoms with Gasteiger partial charge in [-0.05, 0) is 41.9 Å². The van der Waals surface area contributed by atoms with Gasteiger partial charge in [0, 0.05) is 0 Å². The molecule has 0 spiro atoms. The van der Waals surface area contributed by atoms with Crippen molar-refractivity contribution in [2.24, 2.45) is 22.7 Å². The summed E-state index contributed by atoms with van der Waals surface area (Å²) in [7, 11) is 0. The second-order valence-corrected chi connectivity index (χ2v) is 4.85. The molecule has 3 saturated carbocycles. The first-order valence-corrected chi connectivity index (χ1v) is 4.21. The van der Waals surface area contributed by atoms with Crippen LogP contribution in [0.25, 0.3) is 0 Å². The highest BCUT2D eigenvalue weighted by Crippen LogP contribution is 3.10. The average Bonchev–Trinajstić information content (AvgIpc) is 2.43. The fraction of sp³-hybridized carbons (Fsp3) is 1.00. The summed E-state index contributed by atoms with van der Waals surface area (Å²) >= 11 is 0. The van der Waals surface area contributed by atoms with Gasteiger partial charge in [0.05, 0.1) is 0 Å². The van der Waals surface area contributed by atoms with Gasteiger partial charge < -0.3 is 0 Å². The molecule has 0 heterocycles. The highest BCUT2D eigenvalue weighted by molar-refractivity contribution is 5.51. The third-order valence-electron chi connectivity index (χ3n) is 3.96. The number of hydrogen-bond donors (Lipinski definition) is 0. The second kappa shape index (κ2) is 0.889. The van der Waals surface area contributed by atoms with Gasteiger partial charge in [-0.2, -0.15) is 0 Å². The maximum absolute atomic E-state index is 2.35. The van der Waals surface area contributed by atoms with Crippen LogP contribution in [-0.4, -0.2) is 0 Å². The van der Waals surface area contributed by atoms with E-state index >= 15 is 0 Å². The molecule has 3 rings (SSSR count). The molecule has 0 unspecified atom stereocenters. The van der Waals surface area contributed by atoms with Crippen molar-refractivity contribution in [1.29, 1.82) is 0 Å². The summed E-state index contributed by atoms with van der Waals surface area (Å²) in [6, 6.07) is 0. The summed E-state index contributed by atoms with van der Waals surface area (Å²) < 4.78 is 0. The summed E-state index contributed by atoms with van der Waals surface area (Å²) in [4.78, 5) is 0. The molecule has 9 heavy (non-hydrogen) atoms. The van der Waals surface area contributed by atoms with Gasteiger partial charge in [0.15, 0.2) is 0 Å². The predicted molar refractivity (Wildman–Crippen MR) is 37.0 cm³/mol. The molecule has 0 nitrogen and oxygen atoms in total. The molecule has 0 saturated heterocycles. The Morgan fingerprint density at radius 2 is 1.89 bits per heavy atom. The zero-order valence-electron chi connectivity index (χ0n) is 6.28. The van der Waals surface area contributed by atoms with Crippen molar-refractivity contribution in [3.63, 3.8) is 0 Å². The Hall–Kier alpha value is 0. The smallest absolute Gasteiger partial charge is 0.0193 e. The molecule has 0 amide bonds. The molecule has 50 valence electrons. The van der Waals surface area contributed by atoms with E-state index in [1.807, 2.05) is 0 Å². The van der Waals surface area contributed by atoms with Crippen LogP contribution in [0.3, 0.4) is 0 Å². The van der Waals surface area contributed by atoms with E-state index < -0.39 is 0 Å². The van der Waals surface area contributed by atoms with E-state index in [0.29, 0.717) is 0 Å². The van der Waals surface area contributed by atoms with E-state index in [0.717, 1.165) is 16.7 Å². The molecule has 3 fully saturated rings. The molecule has 3 aliphatic rings. The van der Waals surface area contributed by atoms with E-state index in [4.69, 9.17) is 0 Å². The van der Waals surface area contributed by atoms with Crippen LogP contribution >= 0.6 is 0 Å². The number of hydrogen-bond acceptors (Lipinski definition) is 0. The standard InChI is InChI=1S/C9H14/c1-6(2)3-7-8-4-9(7,8)5-8/h6-7H,3-5H2,1-2H3. The van der Waals surface area contributed by atoms with Gasteiger partial charge in [-0.3, -0.25) is 0 Å². The molecule has 0 atom stereocenters. The fourth-order valence-electron chi connectivity index (χ4n) is 2.98. The van der Waals surface area contributed by atoms with Gasteiger partial charge in [-0.25, -0.2) is 0 Å². The second-order valence-electron chi connectivity index (χ2n) is 4.85. The summed E-state index contributed by atoms with van der Waals surface area (Å²) in [6.45, 7) is 4.70. The fourth-order valence-corrected chi connectivity index (χ4v) is 2.98. The third-order valence-corrected chi connectivity index (χ3v) is 3.96. The van der Waals surface area contributed by atoms with Crippen molar-refractivity contribution < 1.29 is 0 Å². The van der Waals surface area contributed by atoms with Gasteiger partial charge in [0.25, 0.3) is 0 Å². The van der Waals surface area contributed by atoms with Crippen LogP contribution < -0.4 is 0 Å². The minimum Gasteiger partial charge on any atom is -0.0628 e. The Morgan fingerprint density at radius 3 is 2.00 bits per heavy atom. The minimum absolute atomic E-state index is 0.955. The van der Waals surface area contributed by atoms with Crippen LogP contribution in [0, 0.1) is 22.7 Å². The lowest BCUT2D eigenvalue weighted by molar-refractivity contribution is 0.274. The topological polar surface area (TPSA) is 0 Å². The van der Waals surface area contributed by atoms with Crippen molar-refractivity contribution in [3.8, 4) is 0 Å². The first kappa shape index (κ1) is 4.76. The molecule has 0 N–H and O–H groups in total. The van der Waals surface area contributed by atoms with Crippen LogP contribution in [0.5, 0.6) is 0 Å². The molecular weight excluding hydrogens is 108 g/mol. The van der Waals surface area contributed by atoms with E-state index in [9.17, 15) is 0 Å². The lowest BCUT2D eigenvalue weighted by atomic mass is 9.83. The Bertz CT molecular complexity index is 158. The summed E-state index contributed by atoms with van der Waals surface area (Å²) in [5, 5.41) is 0. The van der Waals surface area contributed by atoms with Crippen molar-refractivity contribution in [3.05, 3.63) is 0 Å². The molecular formula is C9H14. The largest absolute Gasteiger partial charge is 0.0628 e. The SMILES string of the molecule is CC(C)CC1C23CC12C3. The van der Waals surface area contributed by atoms with Crippen LogP contribution in [0.1, 0.15) is 33.1 Å². The van der Waals surface area contributed by atoms with Crippen LogP contribution in [0.15, 0.2) is 0 Å². The summed E-state index contributed by atoms with van der Waals surface area (Å²) in [6.07, 6.45) is 4.77. The number of rotatable bonds is 2. The molecule has 0 aromatic rings. The Balaban J connectivity index is 1.65. The minimum atomic E-state index is 0.955. The third kappa shape index (κ3) is 0.300. The maximum Gasteiger partial charge on any atom is -0.0193 e. The van der Waals surface area contributed by atoms with Gasteiger partial charge in [0.1, 0.15) is 0 Å². The molecule has 0 aromatic heterocycles.